The van der Waals surface area contributed by atoms with Gasteiger partial charge in [-0.15, -0.1) is 0 Å². The molecule has 0 spiro atoms. The number of nitrogens with one attached hydrogen (secondary N) is 1. The quantitative estimate of drug-likeness (QED) is 0.810. The van der Waals surface area contributed by atoms with Crippen molar-refractivity contribution in [3.63, 3.8) is 0 Å². The zero-order chi connectivity index (χ0) is 16.1. The first-order valence-corrected chi connectivity index (χ1v) is 7.39. The van der Waals surface area contributed by atoms with Crippen LogP contribution in [0.5, 0.6) is 0 Å². The van der Waals surface area contributed by atoms with Crippen molar-refractivity contribution >= 4 is 17.8 Å². The van der Waals surface area contributed by atoms with Gasteiger partial charge in [-0.2, -0.15) is 0 Å². The molecule has 1 aromatic rings. The van der Waals surface area contributed by atoms with Crippen LogP contribution in [-0.2, 0) is 9.59 Å². The summed E-state index contributed by atoms with van der Waals surface area (Å²) in [6, 6.07) is 9.36. The molecule has 0 unspecified atom stereocenters. The maximum absolute atomic E-state index is 11.9. The minimum atomic E-state index is -0.289. The van der Waals surface area contributed by atoms with Gasteiger partial charge in [0.1, 0.15) is 6.54 Å². The molecule has 0 radical (unpaired) electrons. The molecule has 0 bridgehead atoms. The van der Waals surface area contributed by atoms with E-state index in [-0.39, 0.29) is 43.4 Å². The first-order valence-electron chi connectivity index (χ1n) is 7.39. The second-order valence-electron chi connectivity index (χ2n) is 5.49. The summed E-state index contributed by atoms with van der Waals surface area (Å²) in [5.41, 5.74) is 1.04. The fraction of sp³-hybridized carbons (Fsp3) is 0.438. The van der Waals surface area contributed by atoms with Gasteiger partial charge in [0.15, 0.2) is 0 Å². The average Bonchev–Trinajstić information content (AvgIpc) is 2.74. The number of benzene rings is 1. The Balaban J connectivity index is 1.74. The minimum Gasteiger partial charge on any atom is -0.350 e. The van der Waals surface area contributed by atoms with Gasteiger partial charge in [0.2, 0.25) is 11.8 Å². The summed E-state index contributed by atoms with van der Waals surface area (Å²) in [4.78, 5) is 37.8. The van der Waals surface area contributed by atoms with E-state index in [1.807, 2.05) is 37.3 Å². The summed E-state index contributed by atoms with van der Waals surface area (Å²) < 4.78 is 0. The fourth-order valence-corrected chi connectivity index (χ4v) is 2.43. The highest BCUT2D eigenvalue weighted by Crippen LogP contribution is 2.12. The van der Waals surface area contributed by atoms with Gasteiger partial charge in [-0.05, 0) is 18.9 Å². The minimum absolute atomic E-state index is 0.0603. The van der Waals surface area contributed by atoms with Crippen LogP contribution < -0.4 is 5.32 Å². The molecule has 6 heteroatoms. The molecule has 2 rings (SSSR count). The van der Waals surface area contributed by atoms with Crippen LogP contribution in [0.25, 0.3) is 0 Å². The normalized spacial score (nSPS) is 16.1. The number of carbonyl (C=O) groups is 3. The Morgan fingerprint density at radius 2 is 1.95 bits per heavy atom. The molecule has 6 nitrogen and oxygen atoms in total. The molecule has 1 aliphatic rings. The van der Waals surface area contributed by atoms with Crippen LogP contribution in [-0.4, -0.2) is 47.8 Å². The largest absolute Gasteiger partial charge is 0.350 e. The van der Waals surface area contributed by atoms with E-state index in [2.05, 4.69) is 5.32 Å². The van der Waals surface area contributed by atoms with E-state index in [9.17, 15) is 14.4 Å². The standard InChI is InChI=1S/C16H21N3O3/c1-12(13-7-4-3-5-8-13)17-14(20)9-6-10-19-15(21)11-18(2)16(19)22/h3-5,7-8,12H,6,9-11H2,1-2H3,(H,17,20)/t12-/m0/s1. The number of amides is 4. The first-order chi connectivity index (χ1) is 10.5. The zero-order valence-electron chi connectivity index (χ0n) is 12.9. The summed E-state index contributed by atoms with van der Waals surface area (Å²) in [5.74, 6) is -0.283. The highest BCUT2D eigenvalue weighted by Gasteiger charge is 2.32. The lowest BCUT2D eigenvalue weighted by atomic mass is 10.1. The second-order valence-corrected chi connectivity index (χ2v) is 5.49. The van der Waals surface area contributed by atoms with Crippen molar-refractivity contribution in [2.45, 2.75) is 25.8 Å². The molecule has 118 valence electrons. The maximum Gasteiger partial charge on any atom is 0.326 e. The van der Waals surface area contributed by atoms with Gasteiger partial charge in [-0.25, -0.2) is 4.79 Å². The molecule has 4 amide bonds. The van der Waals surface area contributed by atoms with E-state index in [1.54, 1.807) is 7.05 Å². The van der Waals surface area contributed by atoms with Gasteiger partial charge in [-0.1, -0.05) is 30.3 Å². The Kier molecular flexibility index (Phi) is 5.14. The summed E-state index contributed by atoms with van der Waals surface area (Å²) in [6.45, 7) is 2.33. The van der Waals surface area contributed by atoms with Crippen LogP contribution in [0.15, 0.2) is 30.3 Å². The number of urea groups is 1. The van der Waals surface area contributed by atoms with Crippen molar-refractivity contribution in [3.05, 3.63) is 35.9 Å². The number of rotatable bonds is 6. The Hall–Kier alpha value is -2.37. The topological polar surface area (TPSA) is 69.7 Å². The lowest BCUT2D eigenvalue weighted by molar-refractivity contribution is -0.126. The summed E-state index contributed by atoms with van der Waals surface area (Å²) in [7, 11) is 1.59. The van der Waals surface area contributed by atoms with E-state index in [1.165, 1.54) is 9.80 Å². The van der Waals surface area contributed by atoms with E-state index in [4.69, 9.17) is 0 Å². The van der Waals surface area contributed by atoms with Crippen LogP contribution in [0, 0.1) is 0 Å². The molecule has 1 N–H and O–H groups in total. The van der Waals surface area contributed by atoms with Gasteiger partial charge in [-0.3, -0.25) is 14.5 Å². The van der Waals surface area contributed by atoms with E-state index in [0.717, 1.165) is 5.56 Å². The number of carbonyl (C=O) groups excluding carboxylic acids is 3. The third-order valence-corrected chi connectivity index (χ3v) is 3.69. The van der Waals surface area contributed by atoms with Gasteiger partial charge in [0, 0.05) is 20.0 Å². The summed E-state index contributed by atoms with van der Waals surface area (Å²) in [6.07, 6.45) is 0.761. The number of hydrogen-bond acceptors (Lipinski definition) is 3. The molecule has 0 aliphatic carbocycles. The van der Waals surface area contributed by atoms with Gasteiger partial charge >= 0.3 is 6.03 Å². The lowest BCUT2D eigenvalue weighted by Crippen LogP contribution is -2.33. The van der Waals surface area contributed by atoms with Crippen molar-refractivity contribution in [1.29, 1.82) is 0 Å². The van der Waals surface area contributed by atoms with Crippen molar-refractivity contribution in [3.8, 4) is 0 Å². The predicted molar refractivity (Wildman–Crippen MR) is 82.0 cm³/mol. The molecule has 1 saturated heterocycles. The molecule has 1 atom stereocenters. The molecular formula is C16H21N3O3. The fourth-order valence-electron chi connectivity index (χ4n) is 2.43. The molecule has 22 heavy (non-hydrogen) atoms. The third-order valence-electron chi connectivity index (χ3n) is 3.69. The summed E-state index contributed by atoms with van der Waals surface area (Å²) >= 11 is 0. The Morgan fingerprint density at radius 1 is 1.27 bits per heavy atom. The molecule has 1 aromatic carbocycles. The molecular weight excluding hydrogens is 282 g/mol. The predicted octanol–water partition coefficient (Wildman–Crippen LogP) is 1.54. The van der Waals surface area contributed by atoms with Crippen LogP contribution in [0.2, 0.25) is 0 Å². The smallest absolute Gasteiger partial charge is 0.326 e. The lowest BCUT2D eigenvalue weighted by Gasteiger charge is -2.16. The molecule has 1 aliphatic heterocycles. The van der Waals surface area contributed by atoms with Crippen molar-refractivity contribution in [2.75, 3.05) is 20.1 Å². The van der Waals surface area contributed by atoms with Gasteiger partial charge in [0.05, 0.1) is 6.04 Å². The second kappa shape index (κ2) is 7.06. The van der Waals surface area contributed by atoms with Gasteiger partial charge in [0.25, 0.3) is 0 Å². The maximum atomic E-state index is 11.9. The summed E-state index contributed by atoms with van der Waals surface area (Å²) in [5, 5.41) is 2.92. The van der Waals surface area contributed by atoms with E-state index < -0.39 is 0 Å². The highest BCUT2D eigenvalue weighted by atomic mass is 16.2. The van der Waals surface area contributed by atoms with Crippen molar-refractivity contribution in [2.24, 2.45) is 0 Å². The SMILES string of the molecule is C[C@H](NC(=O)CCCN1C(=O)CN(C)C1=O)c1ccccc1. The number of likely N-dealkylation sites (N-methyl/N-ethyl adjacent to an activating group) is 1. The van der Waals surface area contributed by atoms with Crippen LogP contribution >= 0.6 is 0 Å². The third kappa shape index (κ3) is 3.84. The molecule has 1 heterocycles. The van der Waals surface area contributed by atoms with Crippen molar-refractivity contribution in [1.82, 2.24) is 15.1 Å². The first kappa shape index (κ1) is 16.0. The monoisotopic (exact) mass is 303 g/mol. The average molecular weight is 303 g/mol. The van der Waals surface area contributed by atoms with Crippen LogP contribution in [0.4, 0.5) is 4.79 Å². The van der Waals surface area contributed by atoms with Crippen LogP contribution in [0.3, 0.4) is 0 Å². The number of nitrogens with zero attached hydrogens (tertiary/aromatic N) is 2. The molecule has 1 fully saturated rings. The van der Waals surface area contributed by atoms with Gasteiger partial charge < -0.3 is 10.2 Å². The van der Waals surface area contributed by atoms with E-state index in [0.29, 0.717) is 6.42 Å². The van der Waals surface area contributed by atoms with E-state index >= 15 is 0 Å². The Labute approximate surface area is 130 Å². The van der Waals surface area contributed by atoms with Crippen LogP contribution in [0.1, 0.15) is 31.4 Å². The molecule has 0 saturated carbocycles. The number of hydrogen-bond donors (Lipinski definition) is 1. The number of imide groups is 1. The Morgan fingerprint density at radius 3 is 2.55 bits per heavy atom. The van der Waals surface area contributed by atoms with Crippen molar-refractivity contribution < 1.29 is 14.4 Å². The Bertz CT molecular complexity index is 559. The zero-order valence-corrected chi connectivity index (χ0v) is 12.9. The highest BCUT2D eigenvalue weighted by molar-refractivity contribution is 6.01. The molecule has 0 aromatic heterocycles.